The molecule has 0 atom stereocenters. The number of nitrogens with two attached hydrogens (primary N) is 1. The number of nitrogen functional groups attached to an aromatic ring is 1. The maximum atomic E-state index is 11.8. The SMILES string of the molecule is COC(=O)c1sc(N2CCNCC2)c(C2CC2)c1N. The molecule has 3 rings (SSSR count). The van der Waals surface area contributed by atoms with E-state index >= 15 is 0 Å². The summed E-state index contributed by atoms with van der Waals surface area (Å²) in [5.74, 6) is 0.227. The maximum Gasteiger partial charge on any atom is 0.350 e. The summed E-state index contributed by atoms with van der Waals surface area (Å²) in [7, 11) is 1.41. The molecule has 0 amide bonds. The van der Waals surface area contributed by atoms with Crippen LogP contribution >= 0.6 is 11.3 Å². The first-order valence-electron chi connectivity index (χ1n) is 6.68. The fourth-order valence-corrected chi connectivity index (χ4v) is 3.84. The Morgan fingerprint density at radius 1 is 1.42 bits per heavy atom. The minimum Gasteiger partial charge on any atom is -0.465 e. The molecule has 0 unspecified atom stereocenters. The van der Waals surface area contributed by atoms with Crippen LogP contribution in [0.2, 0.25) is 0 Å². The van der Waals surface area contributed by atoms with Crippen LogP contribution in [0.15, 0.2) is 0 Å². The number of methoxy groups -OCH3 is 1. The molecule has 2 fully saturated rings. The summed E-state index contributed by atoms with van der Waals surface area (Å²) in [6, 6.07) is 0. The first-order valence-corrected chi connectivity index (χ1v) is 7.50. The minimum atomic E-state index is -0.314. The van der Waals surface area contributed by atoms with E-state index < -0.39 is 0 Å². The summed E-state index contributed by atoms with van der Waals surface area (Å²) in [6.45, 7) is 3.91. The second kappa shape index (κ2) is 5.02. The number of piperazine rings is 1. The molecule has 1 aromatic heterocycles. The van der Waals surface area contributed by atoms with Crippen molar-refractivity contribution in [3.05, 3.63) is 10.4 Å². The molecule has 0 bridgehead atoms. The quantitative estimate of drug-likeness (QED) is 0.820. The van der Waals surface area contributed by atoms with E-state index in [1.54, 1.807) is 0 Å². The van der Waals surface area contributed by atoms with Crippen molar-refractivity contribution >= 4 is 28.0 Å². The Morgan fingerprint density at radius 2 is 2.11 bits per heavy atom. The lowest BCUT2D eigenvalue weighted by atomic mass is 10.1. The van der Waals surface area contributed by atoms with E-state index in [0.717, 1.165) is 26.2 Å². The van der Waals surface area contributed by atoms with Gasteiger partial charge in [-0.05, 0) is 18.8 Å². The lowest BCUT2D eigenvalue weighted by molar-refractivity contribution is 0.0607. The normalized spacial score (nSPS) is 19.5. The minimum absolute atomic E-state index is 0.314. The lowest BCUT2D eigenvalue weighted by Crippen LogP contribution is -2.43. The van der Waals surface area contributed by atoms with Crippen molar-refractivity contribution in [2.75, 3.05) is 43.9 Å². The Labute approximate surface area is 116 Å². The summed E-state index contributed by atoms with van der Waals surface area (Å²) >= 11 is 1.49. The van der Waals surface area contributed by atoms with Crippen LogP contribution in [0, 0.1) is 0 Å². The van der Waals surface area contributed by atoms with Crippen molar-refractivity contribution in [1.82, 2.24) is 5.32 Å². The van der Waals surface area contributed by atoms with Crippen molar-refractivity contribution in [3.63, 3.8) is 0 Å². The van der Waals surface area contributed by atoms with Crippen molar-refractivity contribution < 1.29 is 9.53 Å². The highest BCUT2D eigenvalue weighted by Crippen LogP contribution is 2.52. The fraction of sp³-hybridized carbons (Fsp3) is 0.615. The highest BCUT2D eigenvalue weighted by molar-refractivity contribution is 7.18. The van der Waals surface area contributed by atoms with Gasteiger partial charge in [0, 0.05) is 31.7 Å². The molecule has 2 aliphatic rings. The molecule has 3 N–H and O–H groups in total. The van der Waals surface area contributed by atoms with Crippen LogP contribution in [0.4, 0.5) is 10.7 Å². The van der Waals surface area contributed by atoms with Gasteiger partial charge >= 0.3 is 5.97 Å². The lowest BCUT2D eigenvalue weighted by Gasteiger charge is -2.29. The number of ether oxygens (including phenoxy) is 1. The van der Waals surface area contributed by atoms with E-state index in [1.807, 2.05) is 0 Å². The number of hydrogen-bond acceptors (Lipinski definition) is 6. The smallest absolute Gasteiger partial charge is 0.350 e. The number of nitrogens with one attached hydrogen (secondary N) is 1. The molecule has 1 aromatic rings. The van der Waals surface area contributed by atoms with Crippen LogP contribution in [0.1, 0.15) is 34.0 Å². The summed E-state index contributed by atoms with van der Waals surface area (Å²) in [5.41, 5.74) is 8.03. The number of thiophene rings is 1. The Morgan fingerprint density at radius 3 is 2.68 bits per heavy atom. The summed E-state index contributed by atoms with van der Waals surface area (Å²) in [6.07, 6.45) is 2.36. The first-order chi connectivity index (χ1) is 9.22. The fourth-order valence-electron chi connectivity index (χ4n) is 2.56. The zero-order valence-corrected chi connectivity index (χ0v) is 11.9. The molecule has 1 aliphatic heterocycles. The van der Waals surface area contributed by atoms with Gasteiger partial charge in [-0.25, -0.2) is 4.79 Å². The molecule has 1 saturated heterocycles. The molecule has 19 heavy (non-hydrogen) atoms. The number of hydrogen-bond donors (Lipinski definition) is 2. The van der Waals surface area contributed by atoms with Gasteiger partial charge in [0.25, 0.3) is 0 Å². The van der Waals surface area contributed by atoms with Crippen LogP contribution in [0.5, 0.6) is 0 Å². The van der Waals surface area contributed by atoms with Crippen molar-refractivity contribution in [2.45, 2.75) is 18.8 Å². The van der Waals surface area contributed by atoms with Crippen molar-refractivity contribution in [1.29, 1.82) is 0 Å². The molecular formula is C13H19N3O2S. The first kappa shape index (κ1) is 12.7. The molecular weight excluding hydrogens is 262 g/mol. The van der Waals surface area contributed by atoms with E-state index in [-0.39, 0.29) is 5.97 Å². The molecule has 1 saturated carbocycles. The van der Waals surface area contributed by atoms with Crippen LogP contribution < -0.4 is 16.0 Å². The Kier molecular flexibility index (Phi) is 3.36. The van der Waals surface area contributed by atoms with Gasteiger partial charge in [0.05, 0.1) is 17.8 Å². The largest absolute Gasteiger partial charge is 0.465 e. The Balaban J connectivity index is 1.99. The molecule has 1 aliphatic carbocycles. The van der Waals surface area contributed by atoms with Gasteiger partial charge in [0.1, 0.15) is 4.88 Å². The van der Waals surface area contributed by atoms with E-state index in [4.69, 9.17) is 10.5 Å². The number of anilines is 2. The van der Waals surface area contributed by atoms with E-state index in [1.165, 1.54) is 41.9 Å². The highest BCUT2D eigenvalue weighted by atomic mass is 32.1. The monoisotopic (exact) mass is 281 g/mol. The molecule has 5 nitrogen and oxygen atoms in total. The standard InChI is InChI=1S/C13H19N3O2S/c1-18-13(17)11-10(14)9(8-2-3-8)12(19-11)16-6-4-15-5-7-16/h8,15H,2-7,14H2,1H3. The Hall–Kier alpha value is -1.27. The zero-order chi connectivity index (χ0) is 13.4. The topological polar surface area (TPSA) is 67.6 Å². The maximum absolute atomic E-state index is 11.8. The highest BCUT2D eigenvalue weighted by Gasteiger charge is 2.35. The second-order valence-electron chi connectivity index (χ2n) is 5.07. The van der Waals surface area contributed by atoms with Crippen LogP contribution in [0.25, 0.3) is 0 Å². The third-order valence-electron chi connectivity index (χ3n) is 3.72. The zero-order valence-electron chi connectivity index (χ0n) is 11.1. The second-order valence-corrected chi connectivity index (χ2v) is 6.07. The van der Waals surface area contributed by atoms with Gasteiger partial charge in [-0.2, -0.15) is 0 Å². The van der Waals surface area contributed by atoms with Crippen molar-refractivity contribution in [3.8, 4) is 0 Å². The molecule has 6 heteroatoms. The molecule has 0 aromatic carbocycles. The number of rotatable bonds is 3. The molecule has 104 valence electrons. The van der Waals surface area contributed by atoms with Crippen LogP contribution in [0.3, 0.4) is 0 Å². The summed E-state index contributed by atoms with van der Waals surface area (Å²) < 4.78 is 4.83. The van der Waals surface area contributed by atoms with Gasteiger partial charge in [-0.3, -0.25) is 0 Å². The molecule has 0 spiro atoms. The Bertz CT molecular complexity index is 490. The number of esters is 1. The number of carbonyl (C=O) groups excluding carboxylic acids is 1. The third kappa shape index (κ3) is 2.30. The van der Waals surface area contributed by atoms with Gasteiger partial charge in [-0.1, -0.05) is 0 Å². The predicted molar refractivity (Wildman–Crippen MR) is 77.1 cm³/mol. The molecule has 0 radical (unpaired) electrons. The summed E-state index contributed by atoms with van der Waals surface area (Å²) in [5, 5.41) is 4.53. The van der Waals surface area contributed by atoms with Gasteiger partial charge < -0.3 is 20.7 Å². The average Bonchev–Trinajstić information content (AvgIpc) is 3.22. The number of nitrogens with zero attached hydrogens (tertiary/aromatic N) is 1. The van der Waals surface area contributed by atoms with Crippen LogP contribution in [-0.4, -0.2) is 39.3 Å². The van der Waals surface area contributed by atoms with Gasteiger partial charge in [0.2, 0.25) is 0 Å². The van der Waals surface area contributed by atoms with Crippen molar-refractivity contribution in [2.24, 2.45) is 0 Å². The molecule has 2 heterocycles. The van der Waals surface area contributed by atoms with E-state index in [0.29, 0.717) is 16.5 Å². The van der Waals surface area contributed by atoms with E-state index in [9.17, 15) is 4.79 Å². The van der Waals surface area contributed by atoms with Gasteiger partial charge in [-0.15, -0.1) is 11.3 Å². The van der Waals surface area contributed by atoms with Gasteiger partial charge in [0.15, 0.2) is 0 Å². The number of carbonyl (C=O) groups is 1. The van der Waals surface area contributed by atoms with E-state index in [2.05, 4.69) is 10.2 Å². The van der Waals surface area contributed by atoms with Crippen LogP contribution in [-0.2, 0) is 4.74 Å². The third-order valence-corrected chi connectivity index (χ3v) is 4.99. The average molecular weight is 281 g/mol. The summed E-state index contributed by atoms with van der Waals surface area (Å²) in [4.78, 5) is 14.7. The predicted octanol–water partition coefficient (Wildman–Crippen LogP) is 1.40.